The molecule has 0 aromatic heterocycles. The van der Waals surface area contributed by atoms with E-state index in [4.69, 9.17) is 11.6 Å². The maximum absolute atomic E-state index is 12.9. The number of amides is 2. The first-order valence-corrected chi connectivity index (χ1v) is 8.04. The van der Waals surface area contributed by atoms with Gasteiger partial charge in [-0.2, -0.15) is 0 Å². The van der Waals surface area contributed by atoms with Gasteiger partial charge in [-0.15, -0.1) is 0 Å². The summed E-state index contributed by atoms with van der Waals surface area (Å²) in [7, 11) is 0. The molecule has 3 rings (SSSR count). The Labute approximate surface area is 150 Å². The summed E-state index contributed by atoms with van der Waals surface area (Å²) >= 11 is 5.85. The summed E-state index contributed by atoms with van der Waals surface area (Å²) in [4.78, 5) is 25.4. The zero-order valence-corrected chi connectivity index (χ0v) is 14.0. The summed E-state index contributed by atoms with van der Waals surface area (Å²) in [6.07, 6.45) is 0. The SMILES string of the molecule is O=C(NN(C(=O)c1ccccc1)c1ccccc1)c1ccc(Cl)cc1. The van der Waals surface area contributed by atoms with Crippen molar-refractivity contribution in [3.8, 4) is 0 Å². The molecule has 5 heteroatoms. The molecule has 0 aliphatic heterocycles. The van der Waals surface area contributed by atoms with Gasteiger partial charge in [0.15, 0.2) is 0 Å². The lowest BCUT2D eigenvalue weighted by atomic mass is 10.2. The quantitative estimate of drug-likeness (QED) is 0.715. The highest BCUT2D eigenvalue weighted by Gasteiger charge is 2.20. The van der Waals surface area contributed by atoms with Crippen molar-refractivity contribution in [2.24, 2.45) is 0 Å². The molecule has 25 heavy (non-hydrogen) atoms. The van der Waals surface area contributed by atoms with Gasteiger partial charge in [-0.05, 0) is 48.5 Å². The standard InChI is InChI=1S/C20H15ClN2O2/c21-17-13-11-15(12-14-17)19(24)22-23(18-9-5-2-6-10-18)20(25)16-7-3-1-4-8-16/h1-14H,(H,22,24). The summed E-state index contributed by atoms with van der Waals surface area (Å²) in [5.41, 5.74) is 4.12. The third-order valence-corrected chi connectivity index (χ3v) is 3.81. The van der Waals surface area contributed by atoms with E-state index in [0.29, 0.717) is 21.8 Å². The monoisotopic (exact) mass is 350 g/mol. The Bertz CT molecular complexity index is 865. The van der Waals surface area contributed by atoms with Gasteiger partial charge in [-0.1, -0.05) is 48.0 Å². The summed E-state index contributed by atoms with van der Waals surface area (Å²) in [6.45, 7) is 0. The molecule has 1 N–H and O–H groups in total. The zero-order valence-electron chi connectivity index (χ0n) is 13.2. The Morgan fingerprint density at radius 3 is 1.88 bits per heavy atom. The van der Waals surface area contributed by atoms with Gasteiger partial charge >= 0.3 is 0 Å². The van der Waals surface area contributed by atoms with Crippen molar-refractivity contribution in [3.63, 3.8) is 0 Å². The number of benzene rings is 3. The third-order valence-electron chi connectivity index (χ3n) is 3.56. The van der Waals surface area contributed by atoms with E-state index >= 15 is 0 Å². The number of hydrazine groups is 1. The number of nitrogens with zero attached hydrogens (tertiary/aromatic N) is 1. The van der Waals surface area contributed by atoms with E-state index in [0.717, 1.165) is 0 Å². The number of carbonyl (C=O) groups excluding carboxylic acids is 2. The van der Waals surface area contributed by atoms with Gasteiger partial charge in [0.25, 0.3) is 11.8 Å². The molecule has 4 nitrogen and oxygen atoms in total. The average Bonchev–Trinajstić information content (AvgIpc) is 2.67. The van der Waals surface area contributed by atoms with Crippen LogP contribution in [-0.2, 0) is 0 Å². The number of para-hydroxylation sites is 1. The lowest BCUT2D eigenvalue weighted by Crippen LogP contribution is -2.46. The lowest BCUT2D eigenvalue weighted by molar-refractivity contribution is 0.0887. The minimum absolute atomic E-state index is 0.325. The van der Waals surface area contributed by atoms with E-state index in [9.17, 15) is 9.59 Å². The second kappa shape index (κ2) is 7.64. The summed E-state index contributed by atoms with van der Waals surface area (Å²) in [5.74, 6) is -0.723. The van der Waals surface area contributed by atoms with Gasteiger partial charge in [0.05, 0.1) is 5.69 Å². The minimum Gasteiger partial charge on any atom is -0.267 e. The molecule has 0 aliphatic rings. The third kappa shape index (κ3) is 4.05. The van der Waals surface area contributed by atoms with Crippen molar-refractivity contribution in [1.29, 1.82) is 0 Å². The first kappa shape index (κ1) is 16.7. The van der Waals surface area contributed by atoms with E-state index in [1.54, 1.807) is 72.8 Å². The smallest absolute Gasteiger partial charge is 0.267 e. The van der Waals surface area contributed by atoms with E-state index in [1.807, 2.05) is 12.1 Å². The molecule has 0 heterocycles. The highest BCUT2D eigenvalue weighted by Crippen LogP contribution is 2.16. The summed E-state index contributed by atoms with van der Waals surface area (Å²) < 4.78 is 0. The molecule has 0 fully saturated rings. The van der Waals surface area contributed by atoms with Crippen LogP contribution in [0.1, 0.15) is 20.7 Å². The second-order valence-electron chi connectivity index (χ2n) is 5.29. The van der Waals surface area contributed by atoms with E-state index in [-0.39, 0.29) is 5.91 Å². The van der Waals surface area contributed by atoms with Gasteiger partial charge in [-0.3, -0.25) is 15.0 Å². The Morgan fingerprint density at radius 1 is 0.720 bits per heavy atom. The maximum atomic E-state index is 12.9. The summed E-state index contributed by atoms with van der Waals surface area (Å²) in [5, 5.41) is 1.78. The normalized spacial score (nSPS) is 10.1. The number of anilines is 1. The fourth-order valence-corrected chi connectivity index (χ4v) is 2.41. The van der Waals surface area contributed by atoms with Gasteiger partial charge in [0, 0.05) is 16.1 Å². The van der Waals surface area contributed by atoms with Crippen LogP contribution in [0.4, 0.5) is 5.69 Å². The lowest BCUT2D eigenvalue weighted by Gasteiger charge is -2.23. The average molecular weight is 351 g/mol. The largest absolute Gasteiger partial charge is 0.277 e. The van der Waals surface area contributed by atoms with Gasteiger partial charge in [-0.25, -0.2) is 5.01 Å². The highest BCUT2D eigenvalue weighted by atomic mass is 35.5. The number of halogens is 1. The molecule has 0 spiro atoms. The molecule has 0 radical (unpaired) electrons. The number of rotatable bonds is 3. The Balaban J connectivity index is 1.90. The van der Waals surface area contributed by atoms with Crippen LogP contribution in [0.15, 0.2) is 84.9 Å². The van der Waals surface area contributed by atoms with Gasteiger partial charge in [0.1, 0.15) is 0 Å². The van der Waals surface area contributed by atoms with Gasteiger partial charge in [0.2, 0.25) is 0 Å². The molecule has 2 amide bonds. The van der Waals surface area contributed by atoms with Crippen molar-refractivity contribution in [2.75, 3.05) is 5.01 Å². The van der Waals surface area contributed by atoms with Crippen LogP contribution < -0.4 is 10.4 Å². The molecule has 3 aromatic carbocycles. The van der Waals surface area contributed by atoms with Crippen LogP contribution in [-0.4, -0.2) is 11.8 Å². The molecule has 3 aromatic rings. The van der Waals surface area contributed by atoms with Crippen LogP contribution in [0.5, 0.6) is 0 Å². The fraction of sp³-hybridized carbons (Fsp3) is 0. The van der Waals surface area contributed by atoms with E-state index in [2.05, 4.69) is 5.43 Å². The summed E-state index contributed by atoms with van der Waals surface area (Å²) in [6, 6.07) is 24.2. The molecule has 0 bridgehead atoms. The van der Waals surface area contributed by atoms with Gasteiger partial charge < -0.3 is 0 Å². The Hall–Kier alpha value is -3.11. The predicted octanol–water partition coefficient (Wildman–Crippen LogP) is 4.33. The zero-order chi connectivity index (χ0) is 17.6. The number of hydrogen-bond acceptors (Lipinski definition) is 2. The van der Waals surface area contributed by atoms with Crippen molar-refractivity contribution in [1.82, 2.24) is 5.43 Å². The first-order valence-electron chi connectivity index (χ1n) is 7.66. The van der Waals surface area contributed by atoms with Crippen LogP contribution >= 0.6 is 11.6 Å². The van der Waals surface area contributed by atoms with Crippen molar-refractivity contribution < 1.29 is 9.59 Å². The molecule has 0 saturated heterocycles. The minimum atomic E-state index is -0.398. The van der Waals surface area contributed by atoms with Crippen molar-refractivity contribution >= 4 is 29.1 Å². The highest BCUT2D eigenvalue weighted by molar-refractivity contribution is 6.30. The molecular formula is C20H15ClN2O2. The molecular weight excluding hydrogens is 336 g/mol. The number of nitrogens with one attached hydrogen (secondary N) is 1. The number of carbonyl (C=O) groups is 2. The van der Waals surface area contributed by atoms with Crippen LogP contribution in [0.3, 0.4) is 0 Å². The molecule has 0 saturated carbocycles. The van der Waals surface area contributed by atoms with E-state index in [1.165, 1.54) is 5.01 Å². The maximum Gasteiger partial charge on any atom is 0.277 e. The molecule has 0 atom stereocenters. The first-order chi connectivity index (χ1) is 12.1. The molecule has 124 valence electrons. The fourth-order valence-electron chi connectivity index (χ4n) is 2.29. The van der Waals surface area contributed by atoms with Crippen LogP contribution in [0.25, 0.3) is 0 Å². The Morgan fingerprint density at radius 2 is 1.28 bits per heavy atom. The molecule has 0 aliphatic carbocycles. The molecule has 0 unspecified atom stereocenters. The second-order valence-corrected chi connectivity index (χ2v) is 5.73. The van der Waals surface area contributed by atoms with Crippen molar-refractivity contribution in [2.45, 2.75) is 0 Å². The number of hydrogen-bond donors (Lipinski definition) is 1. The topological polar surface area (TPSA) is 49.4 Å². The van der Waals surface area contributed by atoms with Crippen LogP contribution in [0.2, 0.25) is 5.02 Å². The van der Waals surface area contributed by atoms with Crippen LogP contribution in [0, 0.1) is 0 Å². The van der Waals surface area contributed by atoms with E-state index < -0.39 is 5.91 Å². The predicted molar refractivity (Wildman–Crippen MR) is 98.6 cm³/mol. The van der Waals surface area contributed by atoms with Crippen molar-refractivity contribution in [3.05, 3.63) is 101 Å². The Kier molecular flexibility index (Phi) is 5.11.